The van der Waals surface area contributed by atoms with E-state index in [-0.39, 0.29) is 22.3 Å². The molecule has 3 aliphatic rings. The number of piperidine rings is 1. The number of esters is 1. The minimum Gasteiger partial charge on any atom is -0.497 e. The molecular formula is C21H31N2O3+. The van der Waals surface area contributed by atoms with E-state index < -0.39 is 0 Å². The number of ether oxygens (including phenoxy) is 2. The van der Waals surface area contributed by atoms with Gasteiger partial charge in [0.2, 0.25) is 0 Å². The van der Waals surface area contributed by atoms with Gasteiger partial charge in [0, 0.05) is 33.9 Å². The summed E-state index contributed by atoms with van der Waals surface area (Å²) in [6, 6.07) is 8.99. The van der Waals surface area contributed by atoms with Crippen molar-refractivity contribution in [3.63, 3.8) is 0 Å². The number of H-pyrrole nitrogens is 1. The summed E-state index contributed by atoms with van der Waals surface area (Å²) < 4.78 is 10.8. The van der Waals surface area contributed by atoms with Gasteiger partial charge in [-0.05, 0) is 18.6 Å². The average molecular weight is 359 g/mol. The number of carbonyl (C=O) groups excluding carboxylic acids is 1. The first-order valence-corrected chi connectivity index (χ1v) is 9.55. The summed E-state index contributed by atoms with van der Waals surface area (Å²) in [5.41, 5.74) is 4.77. The second-order valence-electron chi connectivity index (χ2n) is 7.89. The fourth-order valence-corrected chi connectivity index (χ4v) is 5.39. The van der Waals surface area contributed by atoms with E-state index in [1.165, 1.54) is 29.3 Å². The lowest BCUT2D eigenvalue weighted by atomic mass is 9.72. The van der Waals surface area contributed by atoms with Crippen LogP contribution >= 0.6 is 0 Å². The van der Waals surface area contributed by atoms with Gasteiger partial charge in [-0.1, -0.05) is 18.2 Å². The molecule has 3 aliphatic heterocycles. The number of nitrogens with one attached hydrogen (secondary N) is 2. The Morgan fingerprint density at radius 1 is 1.38 bits per heavy atom. The molecule has 1 saturated heterocycles. The molecule has 1 aromatic heterocycles. The largest absolute Gasteiger partial charge is 0.497 e. The van der Waals surface area contributed by atoms with Gasteiger partial charge in [0.1, 0.15) is 12.1 Å². The summed E-state index contributed by atoms with van der Waals surface area (Å²) in [7, 11) is 1.45. The van der Waals surface area contributed by atoms with Crippen molar-refractivity contribution in [1.82, 2.24) is 4.98 Å². The van der Waals surface area contributed by atoms with Gasteiger partial charge in [0.25, 0.3) is 0 Å². The molecule has 4 unspecified atom stereocenters. The Kier molecular flexibility index (Phi) is 3.60. The van der Waals surface area contributed by atoms with Gasteiger partial charge in [-0.2, -0.15) is 0 Å². The zero-order chi connectivity index (χ0) is 17.8. The van der Waals surface area contributed by atoms with Crippen LogP contribution in [0.25, 0.3) is 10.9 Å². The number of fused-ring (bicyclic) bond motifs is 6. The molecule has 2 N–H and O–H groups in total. The molecule has 0 bridgehead atoms. The maximum Gasteiger partial charge on any atom is 0.337 e. The SMILES string of the molecule is COC(=O)C1=CO[C@@H](C)C2C[NH+]3CCc4c([nH]c5ccccc45)C3CC12.[HH].[HH].[HH]. The molecule has 4 heterocycles. The van der Waals surface area contributed by atoms with Crippen LogP contribution in [0.5, 0.6) is 0 Å². The topological polar surface area (TPSA) is 55.8 Å². The van der Waals surface area contributed by atoms with Crippen LogP contribution in [-0.2, 0) is 20.7 Å². The third-order valence-corrected chi connectivity index (χ3v) is 6.72. The highest BCUT2D eigenvalue weighted by atomic mass is 16.5. The summed E-state index contributed by atoms with van der Waals surface area (Å²) in [6.45, 7) is 4.31. The van der Waals surface area contributed by atoms with Crippen molar-refractivity contribution in [1.29, 1.82) is 0 Å². The molecule has 2 aromatic rings. The van der Waals surface area contributed by atoms with E-state index in [1.807, 2.05) is 0 Å². The number of benzene rings is 1. The Morgan fingerprint density at radius 3 is 3.08 bits per heavy atom. The number of rotatable bonds is 1. The van der Waals surface area contributed by atoms with Crippen LogP contribution in [-0.4, -0.2) is 37.3 Å². The molecule has 5 nitrogen and oxygen atoms in total. The molecule has 0 radical (unpaired) electrons. The quantitative estimate of drug-likeness (QED) is 0.769. The minimum absolute atomic E-state index is 0. The predicted molar refractivity (Wildman–Crippen MR) is 104 cm³/mol. The molecule has 0 aliphatic carbocycles. The highest BCUT2D eigenvalue weighted by molar-refractivity contribution is 5.89. The van der Waals surface area contributed by atoms with Crippen LogP contribution in [0.2, 0.25) is 0 Å². The lowest BCUT2D eigenvalue weighted by Gasteiger charge is -2.46. The number of hydrogen-bond acceptors (Lipinski definition) is 3. The zero-order valence-corrected chi connectivity index (χ0v) is 15.2. The number of aromatic amines is 1. The lowest BCUT2D eigenvalue weighted by Crippen LogP contribution is -3.15. The molecule has 5 heteroatoms. The number of hydrogen-bond donors (Lipinski definition) is 2. The molecule has 0 saturated carbocycles. The fraction of sp³-hybridized carbons (Fsp3) is 0.476. The van der Waals surface area contributed by atoms with Crippen molar-refractivity contribution in [3.8, 4) is 0 Å². The maximum absolute atomic E-state index is 12.3. The standard InChI is InChI=1S/C21H24N2O3.3H2/c1-12-16-10-23-8-7-14-13-5-3-4-6-18(13)22-20(14)19(23)9-15(16)17(11-26-12)21(24)25-2;;;/h3-6,11-12,15-16,19,22H,7-10H2,1-2H3;3*1H/p+1/t12-,15?,16?,19?;;;/m0.../s1. The first-order chi connectivity index (χ1) is 12.7. The van der Waals surface area contributed by atoms with Gasteiger partial charge in [-0.3, -0.25) is 0 Å². The van der Waals surface area contributed by atoms with Gasteiger partial charge in [-0.25, -0.2) is 4.79 Å². The van der Waals surface area contributed by atoms with Crippen LogP contribution in [0.4, 0.5) is 0 Å². The maximum atomic E-state index is 12.3. The Morgan fingerprint density at radius 2 is 2.23 bits per heavy atom. The van der Waals surface area contributed by atoms with Gasteiger partial charge in [0.15, 0.2) is 0 Å². The summed E-state index contributed by atoms with van der Waals surface area (Å²) in [5, 5.41) is 1.35. The van der Waals surface area contributed by atoms with Crippen molar-refractivity contribution < 1.29 is 23.4 Å². The van der Waals surface area contributed by atoms with Gasteiger partial charge < -0.3 is 19.4 Å². The molecule has 0 amide bonds. The van der Waals surface area contributed by atoms with E-state index in [4.69, 9.17) is 9.47 Å². The van der Waals surface area contributed by atoms with E-state index in [2.05, 4.69) is 36.2 Å². The van der Waals surface area contributed by atoms with Crippen molar-refractivity contribution in [2.75, 3.05) is 20.2 Å². The molecule has 1 aromatic carbocycles. The predicted octanol–water partition coefficient (Wildman–Crippen LogP) is 2.50. The first kappa shape index (κ1) is 15.9. The number of para-hydroxylation sites is 1. The van der Waals surface area contributed by atoms with Crippen LogP contribution < -0.4 is 4.90 Å². The Balaban J connectivity index is 0.000001000. The molecular weight excluding hydrogens is 328 g/mol. The summed E-state index contributed by atoms with van der Waals surface area (Å²) in [5.74, 6) is 0.326. The monoisotopic (exact) mass is 359 g/mol. The van der Waals surface area contributed by atoms with E-state index in [1.54, 1.807) is 11.2 Å². The number of quaternary nitrogens is 1. The second-order valence-corrected chi connectivity index (χ2v) is 7.89. The van der Waals surface area contributed by atoms with Crippen molar-refractivity contribution in [2.45, 2.75) is 31.9 Å². The van der Waals surface area contributed by atoms with Crippen LogP contribution in [0.1, 0.15) is 34.9 Å². The average Bonchev–Trinajstić information content (AvgIpc) is 3.06. The third-order valence-electron chi connectivity index (χ3n) is 6.72. The molecule has 5 rings (SSSR count). The molecule has 26 heavy (non-hydrogen) atoms. The number of aromatic nitrogens is 1. The summed E-state index contributed by atoms with van der Waals surface area (Å²) >= 11 is 0. The molecule has 142 valence electrons. The van der Waals surface area contributed by atoms with E-state index in [0.29, 0.717) is 17.5 Å². The number of methoxy groups -OCH3 is 1. The fourth-order valence-electron chi connectivity index (χ4n) is 5.39. The van der Waals surface area contributed by atoms with Crippen molar-refractivity contribution in [3.05, 3.63) is 47.4 Å². The Labute approximate surface area is 157 Å². The van der Waals surface area contributed by atoms with Crippen molar-refractivity contribution >= 4 is 16.9 Å². The minimum atomic E-state index is -0.247. The van der Waals surface area contributed by atoms with E-state index in [9.17, 15) is 4.79 Å². The Hall–Kier alpha value is -2.27. The van der Waals surface area contributed by atoms with Crippen LogP contribution in [0.15, 0.2) is 36.1 Å². The molecule has 5 atom stereocenters. The second kappa shape index (κ2) is 5.88. The lowest BCUT2D eigenvalue weighted by molar-refractivity contribution is -0.944. The third kappa shape index (κ3) is 2.23. The van der Waals surface area contributed by atoms with Crippen LogP contribution in [0, 0.1) is 11.8 Å². The first-order valence-electron chi connectivity index (χ1n) is 9.55. The van der Waals surface area contributed by atoms with Gasteiger partial charge in [0.05, 0.1) is 43.6 Å². The molecule has 1 fully saturated rings. The summed E-state index contributed by atoms with van der Waals surface area (Å²) in [6.07, 6.45) is 3.87. The zero-order valence-electron chi connectivity index (χ0n) is 15.2. The highest BCUT2D eigenvalue weighted by Crippen LogP contribution is 2.41. The molecule has 0 spiro atoms. The van der Waals surface area contributed by atoms with E-state index >= 15 is 0 Å². The smallest absolute Gasteiger partial charge is 0.337 e. The van der Waals surface area contributed by atoms with E-state index in [0.717, 1.165) is 25.9 Å². The van der Waals surface area contributed by atoms with Crippen molar-refractivity contribution in [2.24, 2.45) is 11.8 Å². The highest BCUT2D eigenvalue weighted by Gasteiger charge is 2.49. The Bertz CT molecular complexity index is 914. The van der Waals surface area contributed by atoms with Gasteiger partial charge >= 0.3 is 5.97 Å². The number of carbonyl (C=O) groups is 1. The normalized spacial score (nSPS) is 32.7. The van der Waals surface area contributed by atoms with Gasteiger partial charge in [-0.15, -0.1) is 0 Å². The van der Waals surface area contributed by atoms with Crippen LogP contribution in [0.3, 0.4) is 0 Å². The summed E-state index contributed by atoms with van der Waals surface area (Å²) in [4.78, 5) is 17.6.